The highest BCUT2D eigenvalue weighted by molar-refractivity contribution is 5.99. The summed E-state index contributed by atoms with van der Waals surface area (Å²) in [7, 11) is 0. The summed E-state index contributed by atoms with van der Waals surface area (Å²) in [4.78, 5) is 24.7. The van der Waals surface area contributed by atoms with Crippen molar-refractivity contribution in [2.45, 2.75) is 72.6 Å². The zero-order valence-electron chi connectivity index (χ0n) is 17.9. The second kappa shape index (κ2) is 13.2. The minimum Gasteiger partial charge on any atom is -0.494 e. The highest BCUT2D eigenvalue weighted by Gasteiger charge is 2.43. The third-order valence-electron chi connectivity index (χ3n) is 4.81. The monoisotopic (exact) mass is 392 g/mol. The van der Waals surface area contributed by atoms with E-state index in [1.165, 1.54) is 25.7 Å². The van der Waals surface area contributed by atoms with E-state index in [0.717, 1.165) is 24.3 Å². The van der Waals surface area contributed by atoms with Crippen LogP contribution in [0.25, 0.3) is 0 Å². The standard InChI is InChI=1S/C23H36O5/c1-5-8-9-10-11-18-28-20-14-12-19(13-15-20)16-17-23(4,21(24)26-6-2)22(25)27-7-3/h12-15H,5-11,16-18H2,1-4H3. The second-order valence-corrected chi connectivity index (χ2v) is 7.18. The van der Waals surface area contributed by atoms with Gasteiger partial charge in [-0.3, -0.25) is 9.59 Å². The Hall–Kier alpha value is -2.04. The van der Waals surface area contributed by atoms with Crippen molar-refractivity contribution in [1.82, 2.24) is 0 Å². The van der Waals surface area contributed by atoms with Crippen molar-refractivity contribution >= 4 is 11.9 Å². The van der Waals surface area contributed by atoms with Gasteiger partial charge in [0.15, 0.2) is 5.41 Å². The number of benzene rings is 1. The molecule has 0 saturated heterocycles. The number of carbonyl (C=O) groups is 2. The highest BCUT2D eigenvalue weighted by atomic mass is 16.6. The predicted molar refractivity (Wildman–Crippen MR) is 110 cm³/mol. The molecule has 0 bridgehead atoms. The first-order valence-corrected chi connectivity index (χ1v) is 10.5. The minimum absolute atomic E-state index is 0.234. The Bertz CT molecular complexity index is 561. The van der Waals surface area contributed by atoms with E-state index in [-0.39, 0.29) is 13.2 Å². The van der Waals surface area contributed by atoms with Crippen LogP contribution in [0.3, 0.4) is 0 Å². The van der Waals surface area contributed by atoms with Crippen LogP contribution in [0.1, 0.15) is 71.8 Å². The molecule has 0 heterocycles. The molecule has 0 aliphatic heterocycles. The fourth-order valence-corrected chi connectivity index (χ4v) is 2.91. The van der Waals surface area contributed by atoms with Crippen LogP contribution < -0.4 is 4.74 Å². The van der Waals surface area contributed by atoms with E-state index in [0.29, 0.717) is 12.8 Å². The molecule has 0 aromatic heterocycles. The first-order chi connectivity index (χ1) is 13.5. The lowest BCUT2D eigenvalue weighted by Gasteiger charge is -2.25. The molecule has 5 heteroatoms. The van der Waals surface area contributed by atoms with Crippen LogP contribution in [0.15, 0.2) is 24.3 Å². The summed E-state index contributed by atoms with van der Waals surface area (Å²) in [5.41, 5.74) is -0.255. The fraction of sp³-hybridized carbons (Fsp3) is 0.652. The predicted octanol–water partition coefficient (Wildman–Crippen LogP) is 5.10. The number of hydrogen-bond donors (Lipinski definition) is 0. The Morgan fingerprint density at radius 1 is 0.857 bits per heavy atom. The van der Waals surface area contributed by atoms with E-state index in [9.17, 15) is 9.59 Å². The molecule has 1 aromatic rings. The Kier molecular flexibility index (Phi) is 11.3. The van der Waals surface area contributed by atoms with E-state index in [2.05, 4.69) is 6.92 Å². The van der Waals surface area contributed by atoms with Crippen LogP contribution >= 0.6 is 0 Å². The Labute approximate surface area is 169 Å². The van der Waals surface area contributed by atoms with Crippen molar-refractivity contribution in [1.29, 1.82) is 0 Å². The summed E-state index contributed by atoms with van der Waals surface area (Å²) in [6.45, 7) is 8.46. The molecule has 0 spiro atoms. The van der Waals surface area contributed by atoms with Gasteiger partial charge in [-0.25, -0.2) is 0 Å². The van der Waals surface area contributed by atoms with Crippen molar-refractivity contribution in [2.24, 2.45) is 5.41 Å². The summed E-state index contributed by atoms with van der Waals surface area (Å²) in [6, 6.07) is 7.83. The molecule has 5 nitrogen and oxygen atoms in total. The molecule has 0 radical (unpaired) electrons. The molecule has 0 aliphatic rings. The molecule has 1 aromatic carbocycles. The maximum Gasteiger partial charge on any atom is 0.323 e. The number of esters is 2. The number of aryl methyl sites for hydroxylation is 1. The molecule has 158 valence electrons. The van der Waals surface area contributed by atoms with Gasteiger partial charge in [-0.05, 0) is 57.7 Å². The first-order valence-electron chi connectivity index (χ1n) is 10.5. The largest absolute Gasteiger partial charge is 0.494 e. The van der Waals surface area contributed by atoms with Crippen LogP contribution in [-0.4, -0.2) is 31.8 Å². The quantitative estimate of drug-likeness (QED) is 0.250. The van der Waals surface area contributed by atoms with E-state index in [1.54, 1.807) is 20.8 Å². The van der Waals surface area contributed by atoms with Crippen molar-refractivity contribution in [2.75, 3.05) is 19.8 Å². The molecule has 0 unspecified atom stereocenters. The van der Waals surface area contributed by atoms with Crippen LogP contribution in [0.2, 0.25) is 0 Å². The molecule has 1 rings (SSSR count). The number of unbranched alkanes of at least 4 members (excludes halogenated alkanes) is 4. The van der Waals surface area contributed by atoms with Gasteiger partial charge >= 0.3 is 11.9 Å². The summed E-state index contributed by atoms with van der Waals surface area (Å²) >= 11 is 0. The van der Waals surface area contributed by atoms with Gasteiger partial charge in [0, 0.05) is 0 Å². The minimum atomic E-state index is -1.29. The topological polar surface area (TPSA) is 61.8 Å². The lowest BCUT2D eigenvalue weighted by molar-refractivity contribution is -0.171. The Balaban J connectivity index is 2.56. The van der Waals surface area contributed by atoms with Gasteiger partial charge in [-0.2, -0.15) is 0 Å². The lowest BCUT2D eigenvalue weighted by Crippen LogP contribution is -2.40. The van der Waals surface area contributed by atoms with Crippen molar-refractivity contribution in [3.63, 3.8) is 0 Å². The van der Waals surface area contributed by atoms with E-state index >= 15 is 0 Å². The van der Waals surface area contributed by atoms with E-state index in [1.807, 2.05) is 24.3 Å². The number of hydrogen-bond acceptors (Lipinski definition) is 5. The fourth-order valence-electron chi connectivity index (χ4n) is 2.91. The number of rotatable bonds is 14. The van der Waals surface area contributed by atoms with Gasteiger partial charge in [0.2, 0.25) is 0 Å². The molecule has 28 heavy (non-hydrogen) atoms. The molecule has 0 amide bonds. The number of ether oxygens (including phenoxy) is 3. The Morgan fingerprint density at radius 2 is 1.43 bits per heavy atom. The molecular weight excluding hydrogens is 356 g/mol. The summed E-state index contributed by atoms with van der Waals surface area (Å²) < 4.78 is 16.0. The average molecular weight is 393 g/mol. The van der Waals surface area contributed by atoms with Crippen molar-refractivity contribution < 1.29 is 23.8 Å². The second-order valence-electron chi connectivity index (χ2n) is 7.18. The molecule has 0 aliphatic carbocycles. The van der Waals surface area contributed by atoms with E-state index in [4.69, 9.17) is 14.2 Å². The molecule has 0 fully saturated rings. The molecule has 0 atom stereocenters. The van der Waals surface area contributed by atoms with Gasteiger partial charge in [-0.1, -0.05) is 44.7 Å². The SMILES string of the molecule is CCCCCCCOc1ccc(CCC(C)(C(=O)OCC)C(=O)OCC)cc1. The van der Waals surface area contributed by atoms with Crippen molar-refractivity contribution in [3.05, 3.63) is 29.8 Å². The van der Waals surface area contributed by atoms with Crippen LogP contribution in [0.5, 0.6) is 5.75 Å². The van der Waals surface area contributed by atoms with Gasteiger partial charge in [0.05, 0.1) is 19.8 Å². The average Bonchev–Trinajstić information content (AvgIpc) is 2.70. The van der Waals surface area contributed by atoms with Crippen molar-refractivity contribution in [3.8, 4) is 5.75 Å². The Morgan fingerprint density at radius 3 is 1.96 bits per heavy atom. The van der Waals surface area contributed by atoms with Gasteiger partial charge < -0.3 is 14.2 Å². The maximum absolute atomic E-state index is 12.3. The summed E-state index contributed by atoms with van der Waals surface area (Å²) in [6.07, 6.45) is 6.97. The number of carbonyl (C=O) groups excluding carboxylic acids is 2. The maximum atomic E-state index is 12.3. The van der Waals surface area contributed by atoms with Crippen LogP contribution in [0, 0.1) is 5.41 Å². The molecular formula is C23H36O5. The van der Waals surface area contributed by atoms with Crippen LogP contribution in [0.4, 0.5) is 0 Å². The third-order valence-corrected chi connectivity index (χ3v) is 4.81. The smallest absolute Gasteiger partial charge is 0.323 e. The first kappa shape index (κ1) is 24.0. The zero-order valence-corrected chi connectivity index (χ0v) is 17.9. The molecule has 0 N–H and O–H groups in total. The van der Waals surface area contributed by atoms with Gasteiger partial charge in [0.1, 0.15) is 5.75 Å². The van der Waals surface area contributed by atoms with Crippen LogP contribution in [-0.2, 0) is 25.5 Å². The highest BCUT2D eigenvalue weighted by Crippen LogP contribution is 2.28. The van der Waals surface area contributed by atoms with E-state index < -0.39 is 17.4 Å². The lowest BCUT2D eigenvalue weighted by atomic mass is 9.84. The summed E-state index contributed by atoms with van der Waals surface area (Å²) in [5, 5.41) is 0. The third kappa shape index (κ3) is 7.91. The zero-order chi connectivity index (χ0) is 20.8. The van der Waals surface area contributed by atoms with Gasteiger partial charge in [-0.15, -0.1) is 0 Å². The molecule has 0 saturated carbocycles. The normalized spacial score (nSPS) is 11.1. The summed E-state index contributed by atoms with van der Waals surface area (Å²) in [5.74, 6) is -0.217. The van der Waals surface area contributed by atoms with Gasteiger partial charge in [0.25, 0.3) is 0 Å².